The van der Waals surface area contributed by atoms with E-state index in [0.717, 1.165) is 10.4 Å². The van der Waals surface area contributed by atoms with Gasteiger partial charge in [0, 0.05) is 23.8 Å². The van der Waals surface area contributed by atoms with E-state index in [-0.39, 0.29) is 17.4 Å². The van der Waals surface area contributed by atoms with E-state index in [1.54, 1.807) is 17.9 Å². The summed E-state index contributed by atoms with van der Waals surface area (Å²) in [6, 6.07) is 0. The molecule has 2 rings (SSSR count). The van der Waals surface area contributed by atoms with Gasteiger partial charge in [0.1, 0.15) is 5.00 Å². The summed E-state index contributed by atoms with van der Waals surface area (Å²) in [5.41, 5.74) is 1.01. The third-order valence-electron chi connectivity index (χ3n) is 3.31. The van der Waals surface area contributed by atoms with Crippen LogP contribution in [0.1, 0.15) is 27.2 Å². The summed E-state index contributed by atoms with van der Waals surface area (Å²) in [5.74, 6) is -0.882. The molecule has 1 aliphatic heterocycles. The highest BCUT2D eigenvalue weighted by atomic mass is 32.1. The van der Waals surface area contributed by atoms with Crippen LogP contribution < -0.4 is 4.90 Å². The quantitative estimate of drug-likeness (QED) is 0.855. The first-order chi connectivity index (χ1) is 8.45. The number of nitrogens with zero attached hydrogens (tertiary/aromatic N) is 1. The van der Waals surface area contributed by atoms with E-state index in [2.05, 4.69) is 6.58 Å². The Kier molecular flexibility index (Phi) is 3.26. The van der Waals surface area contributed by atoms with E-state index >= 15 is 0 Å². The average Bonchev–Trinajstić information content (AvgIpc) is 2.81. The maximum atomic E-state index is 11.9. The Hall–Kier alpha value is -1.62. The van der Waals surface area contributed by atoms with Crippen molar-refractivity contribution in [2.24, 2.45) is 5.92 Å². The SMILES string of the molecule is C=CC1CC(=O)N(c2sc(C)c(C)c2C(=O)O)C1. The summed E-state index contributed by atoms with van der Waals surface area (Å²) in [5, 5.41) is 9.84. The van der Waals surface area contributed by atoms with E-state index in [0.29, 0.717) is 18.0 Å². The second-order valence-electron chi connectivity index (χ2n) is 4.47. The molecule has 1 fully saturated rings. The van der Waals surface area contributed by atoms with Gasteiger partial charge in [0.15, 0.2) is 0 Å². The van der Waals surface area contributed by atoms with Crippen molar-refractivity contribution in [3.63, 3.8) is 0 Å². The molecule has 1 unspecified atom stereocenters. The summed E-state index contributed by atoms with van der Waals surface area (Å²) in [6.45, 7) is 7.88. The topological polar surface area (TPSA) is 57.6 Å². The number of carboxylic acid groups (broad SMARTS) is 1. The molecule has 1 aromatic heterocycles. The predicted molar refractivity (Wildman–Crippen MR) is 71.4 cm³/mol. The molecule has 1 aliphatic rings. The lowest BCUT2D eigenvalue weighted by atomic mass is 10.1. The Balaban J connectivity index is 2.46. The molecule has 2 heterocycles. The fourth-order valence-electron chi connectivity index (χ4n) is 2.14. The third kappa shape index (κ3) is 1.95. The molecule has 1 saturated heterocycles. The molecule has 0 spiro atoms. The van der Waals surface area contributed by atoms with Crippen molar-refractivity contribution >= 4 is 28.2 Å². The van der Waals surface area contributed by atoms with Gasteiger partial charge in [-0.25, -0.2) is 4.79 Å². The molecule has 1 amide bonds. The molecule has 0 bridgehead atoms. The van der Waals surface area contributed by atoms with Gasteiger partial charge in [-0.1, -0.05) is 6.08 Å². The fraction of sp³-hybridized carbons (Fsp3) is 0.385. The minimum atomic E-state index is -0.971. The minimum absolute atomic E-state index is 0.0244. The molecule has 0 aliphatic carbocycles. The highest BCUT2D eigenvalue weighted by Crippen LogP contribution is 2.38. The second kappa shape index (κ2) is 4.57. The minimum Gasteiger partial charge on any atom is -0.478 e. The molecular formula is C13H15NO3S. The zero-order valence-electron chi connectivity index (χ0n) is 10.4. The van der Waals surface area contributed by atoms with Crippen LogP contribution in [0.5, 0.6) is 0 Å². The summed E-state index contributed by atoms with van der Waals surface area (Å²) in [7, 11) is 0. The van der Waals surface area contributed by atoms with Gasteiger partial charge in [-0.05, 0) is 19.4 Å². The number of hydrogen-bond acceptors (Lipinski definition) is 3. The van der Waals surface area contributed by atoms with Crippen LogP contribution in [-0.4, -0.2) is 23.5 Å². The number of amides is 1. The van der Waals surface area contributed by atoms with Crippen molar-refractivity contribution in [2.75, 3.05) is 11.4 Å². The van der Waals surface area contributed by atoms with Crippen molar-refractivity contribution in [3.05, 3.63) is 28.7 Å². The monoisotopic (exact) mass is 265 g/mol. The number of aryl methyl sites for hydroxylation is 1. The first kappa shape index (κ1) is 12.8. The average molecular weight is 265 g/mol. The van der Waals surface area contributed by atoms with E-state index < -0.39 is 5.97 Å². The number of hydrogen-bond donors (Lipinski definition) is 1. The summed E-state index contributed by atoms with van der Waals surface area (Å²) in [4.78, 5) is 25.8. The zero-order chi connectivity index (χ0) is 13.4. The summed E-state index contributed by atoms with van der Waals surface area (Å²) >= 11 is 1.37. The molecule has 18 heavy (non-hydrogen) atoms. The first-order valence-electron chi connectivity index (χ1n) is 5.72. The largest absolute Gasteiger partial charge is 0.478 e. The molecule has 1 aromatic rings. The Morgan fingerprint density at radius 2 is 2.22 bits per heavy atom. The Morgan fingerprint density at radius 1 is 1.56 bits per heavy atom. The van der Waals surface area contributed by atoms with Crippen LogP contribution in [0, 0.1) is 19.8 Å². The first-order valence-corrected chi connectivity index (χ1v) is 6.53. The van der Waals surface area contributed by atoms with Crippen molar-refractivity contribution in [1.82, 2.24) is 0 Å². The van der Waals surface area contributed by atoms with Crippen molar-refractivity contribution in [2.45, 2.75) is 20.3 Å². The van der Waals surface area contributed by atoms with E-state index in [1.807, 2.05) is 6.92 Å². The standard InChI is InChI=1S/C13H15NO3S/c1-4-9-5-10(15)14(6-9)12-11(13(16)17)7(2)8(3)18-12/h4,9H,1,5-6H2,2-3H3,(H,16,17). The number of thiophene rings is 1. The number of anilines is 1. The van der Waals surface area contributed by atoms with E-state index in [9.17, 15) is 14.7 Å². The van der Waals surface area contributed by atoms with Crippen molar-refractivity contribution in [3.8, 4) is 0 Å². The maximum absolute atomic E-state index is 11.9. The third-order valence-corrected chi connectivity index (χ3v) is 4.54. The number of carbonyl (C=O) groups is 2. The molecule has 96 valence electrons. The highest BCUT2D eigenvalue weighted by molar-refractivity contribution is 7.16. The van der Waals surface area contributed by atoms with Crippen LogP contribution in [0.25, 0.3) is 0 Å². The molecule has 0 radical (unpaired) electrons. The van der Waals surface area contributed by atoms with Gasteiger partial charge in [-0.3, -0.25) is 4.79 Å². The van der Waals surface area contributed by atoms with Gasteiger partial charge >= 0.3 is 5.97 Å². The van der Waals surface area contributed by atoms with Crippen LogP contribution in [0.4, 0.5) is 5.00 Å². The van der Waals surface area contributed by atoms with Gasteiger partial charge < -0.3 is 10.0 Å². The van der Waals surface area contributed by atoms with Crippen LogP contribution in [0.2, 0.25) is 0 Å². The van der Waals surface area contributed by atoms with E-state index in [4.69, 9.17) is 0 Å². The van der Waals surface area contributed by atoms with Gasteiger partial charge in [0.05, 0.1) is 5.56 Å². The van der Waals surface area contributed by atoms with Gasteiger partial charge in [0.2, 0.25) is 5.91 Å². The molecule has 5 heteroatoms. The molecule has 0 saturated carbocycles. The van der Waals surface area contributed by atoms with Crippen LogP contribution in [0.3, 0.4) is 0 Å². The van der Waals surface area contributed by atoms with Crippen LogP contribution in [-0.2, 0) is 4.79 Å². The molecule has 4 nitrogen and oxygen atoms in total. The van der Waals surface area contributed by atoms with Crippen LogP contribution in [0.15, 0.2) is 12.7 Å². The van der Waals surface area contributed by atoms with Gasteiger partial charge in [-0.2, -0.15) is 0 Å². The van der Waals surface area contributed by atoms with Crippen LogP contribution >= 0.6 is 11.3 Å². The van der Waals surface area contributed by atoms with Gasteiger partial charge in [-0.15, -0.1) is 17.9 Å². The Morgan fingerprint density at radius 3 is 2.72 bits per heavy atom. The smallest absolute Gasteiger partial charge is 0.339 e. The number of rotatable bonds is 3. The lowest BCUT2D eigenvalue weighted by molar-refractivity contribution is -0.117. The van der Waals surface area contributed by atoms with Crippen molar-refractivity contribution in [1.29, 1.82) is 0 Å². The predicted octanol–water partition coefficient (Wildman–Crippen LogP) is 2.60. The number of carbonyl (C=O) groups excluding carboxylic acids is 1. The summed E-state index contributed by atoms with van der Waals surface area (Å²) < 4.78 is 0. The van der Waals surface area contributed by atoms with Crippen molar-refractivity contribution < 1.29 is 14.7 Å². The molecule has 1 atom stereocenters. The normalized spacial score (nSPS) is 19.3. The number of aromatic carboxylic acids is 1. The van der Waals surface area contributed by atoms with E-state index in [1.165, 1.54) is 11.3 Å². The maximum Gasteiger partial charge on any atom is 0.339 e. The molecule has 0 aromatic carbocycles. The Bertz CT molecular complexity index is 533. The highest BCUT2D eigenvalue weighted by Gasteiger charge is 2.33. The fourth-order valence-corrected chi connectivity index (χ4v) is 3.31. The summed E-state index contributed by atoms with van der Waals surface area (Å²) in [6.07, 6.45) is 2.17. The lowest BCUT2D eigenvalue weighted by Gasteiger charge is -2.15. The molecular weight excluding hydrogens is 250 g/mol. The second-order valence-corrected chi connectivity index (χ2v) is 5.68. The zero-order valence-corrected chi connectivity index (χ0v) is 11.2. The number of carboxylic acids is 1. The van der Waals surface area contributed by atoms with Gasteiger partial charge in [0.25, 0.3) is 0 Å². The lowest BCUT2D eigenvalue weighted by Crippen LogP contribution is -2.25. The molecule has 1 N–H and O–H groups in total. The Labute approximate surface area is 110 Å².